The van der Waals surface area contributed by atoms with Gasteiger partial charge in [-0.15, -0.1) is 0 Å². The largest absolute Gasteiger partial charge is 0.480 e. The van der Waals surface area contributed by atoms with E-state index in [1.165, 1.54) is 4.90 Å². The zero-order chi connectivity index (χ0) is 33.9. The highest BCUT2D eigenvalue weighted by molar-refractivity contribution is 5.97. The minimum atomic E-state index is -1.23. The summed E-state index contributed by atoms with van der Waals surface area (Å²) in [6.07, 6.45) is 2.13. The molecule has 0 aliphatic carbocycles. The normalized spacial score (nSPS) is 12.5. The maximum absolute atomic E-state index is 13.2. The van der Waals surface area contributed by atoms with E-state index in [0.717, 1.165) is 16.9 Å². The number of benzene rings is 1. The molecule has 7 N–H and O–H groups in total. The third-order valence-corrected chi connectivity index (χ3v) is 6.94. The summed E-state index contributed by atoms with van der Waals surface area (Å²) in [5, 5.41) is 38.6. The second-order valence-corrected chi connectivity index (χ2v) is 11.1. The number of unbranched alkanes of at least 4 members (excludes halogenated alkanes) is 1. The second-order valence-electron chi connectivity index (χ2n) is 11.1. The molecule has 0 spiro atoms. The number of carboxylic acids is 3. The highest BCUT2D eigenvalue weighted by atomic mass is 16.4. The topological polar surface area (TPSA) is 218 Å². The van der Waals surface area contributed by atoms with Crippen LogP contribution in [0.2, 0.25) is 0 Å². The van der Waals surface area contributed by atoms with Gasteiger partial charge in [0.2, 0.25) is 17.7 Å². The highest BCUT2D eigenvalue weighted by Gasteiger charge is 2.26. The zero-order valence-corrected chi connectivity index (χ0v) is 26.5. The Hall–Kier alpha value is -4.08. The lowest BCUT2D eigenvalue weighted by Gasteiger charge is -2.24. The first-order chi connectivity index (χ1) is 21.2. The van der Waals surface area contributed by atoms with Gasteiger partial charge < -0.3 is 36.6 Å². The van der Waals surface area contributed by atoms with E-state index in [9.17, 15) is 33.9 Å². The number of nitrogens with zero attached hydrogens (tertiary/aromatic N) is 2. The summed E-state index contributed by atoms with van der Waals surface area (Å²) in [5.41, 5.74) is 1.73. The fourth-order valence-corrected chi connectivity index (χ4v) is 4.60. The van der Waals surface area contributed by atoms with Crippen molar-refractivity contribution >= 4 is 41.3 Å². The Morgan fingerprint density at radius 1 is 0.778 bits per heavy atom. The zero-order valence-electron chi connectivity index (χ0n) is 26.5. The fourth-order valence-electron chi connectivity index (χ4n) is 4.60. The number of anilines is 1. The van der Waals surface area contributed by atoms with Crippen LogP contribution in [0.5, 0.6) is 0 Å². The fraction of sp³-hybridized carbons (Fsp3) is 0.600. The van der Waals surface area contributed by atoms with E-state index < -0.39 is 55.5 Å². The van der Waals surface area contributed by atoms with Gasteiger partial charge >= 0.3 is 17.9 Å². The molecule has 0 fully saturated rings. The summed E-state index contributed by atoms with van der Waals surface area (Å²) >= 11 is 0. The number of amides is 3. The molecule has 0 radical (unpaired) electrons. The summed E-state index contributed by atoms with van der Waals surface area (Å²) in [7, 11) is 1.68. The molecule has 0 aliphatic heterocycles. The quantitative estimate of drug-likeness (QED) is 0.0794. The molecule has 0 bridgehead atoms. The molecule has 1 aromatic rings. The lowest BCUT2D eigenvalue weighted by atomic mass is 10.0. The van der Waals surface area contributed by atoms with Crippen molar-refractivity contribution in [1.29, 1.82) is 0 Å². The maximum atomic E-state index is 13.2. The summed E-state index contributed by atoms with van der Waals surface area (Å²) in [6, 6.07) is 6.14. The van der Waals surface area contributed by atoms with Gasteiger partial charge in [0, 0.05) is 25.3 Å². The predicted molar refractivity (Wildman–Crippen MR) is 167 cm³/mol. The van der Waals surface area contributed by atoms with Gasteiger partial charge in [-0.3, -0.25) is 38.6 Å². The summed E-state index contributed by atoms with van der Waals surface area (Å²) in [6.45, 7) is 4.07. The monoisotopic (exact) mass is 636 g/mol. The molecule has 0 aromatic heterocycles. The Morgan fingerprint density at radius 2 is 1.31 bits per heavy atom. The van der Waals surface area contributed by atoms with E-state index in [0.29, 0.717) is 24.9 Å². The molecule has 3 amide bonds. The maximum Gasteiger partial charge on any atom is 0.317 e. The Labute approximate surface area is 263 Å². The predicted octanol–water partition coefficient (Wildman–Crippen LogP) is 0.0606. The molecule has 0 aliphatic rings. The number of carboxylic acid groups (broad SMARTS) is 3. The third kappa shape index (κ3) is 16.5. The van der Waals surface area contributed by atoms with Gasteiger partial charge in [-0.25, -0.2) is 0 Å². The molecule has 0 saturated heterocycles. The van der Waals surface area contributed by atoms with Crippen molar-refractivity contribution in [3.8, 4) is 0 Å². The lowest BCUT2D eigenvalue weighted by Crippen LogP contribution is -2.52. The van der Waals surface area contributed by atoms with Gasteiger partial charge in [-0.05, 0) is 56.3 Å². The molecular weight excluding hydrogens is 588 g/mol. The van der Waals surface area contributed by atoms with E-state index >= 15 is 0 Å². The first-order valence-electron chi connectivity index (χ1n) is 15.0. The third-order valence-electron chi connectivity index (χ3n) is 6.94. The first kappa shape index (κ1) is 38.9. The molecule has 15 nitrogen and oxygen atoms in total. The molecule has 0 saturated carbocycles. The van der Waals surface area contributed by atoms with Crippen LogP contribution in [-0.4, -0.2) is 126 Å². The minimum absolute atomic E-state index is 0.00591. The van der Waals surface area contributed by atoms with Crippen LogP contribution < -0.4 is 21.3 Å². The number of nitrogens with one attached hydrogen (secondary N) is 4. The molecule has 2 atom stereocenters. The molecule has 45 heavy (non-hydrogen) atoms. The van der Waals surface area contributed by atoms with Crippen molar-refractivity contribution in [1.82, 2.24) is 25.8 Å². The molecular formula is C30H48N6O9. The van der Waals surface area contributed by atoms with Gasteiger partial charge in [0.25, 0.3) is 0 Å². The molecule has 0 unspecified atom stereocenters. The van der Waals surface area contributed by atoms with Crippen LogP contribution >= 0.6 is 0 Å². The van der Waals surface area contributed by atoms with Crippen LogP contribution in [0.25, 0.3) is 0 Å². The molecule has 0 heterocycles. The van der Waals surface area contributed by atoms with Crippen LogP contribution in [0.1, 0.15) is 45.6 Å². The smallest absolute Gasteiger partial charge is 0.317 e. The van der Waals surface area contributed by atoms with Crippen molar-refractivity contribution in [3.05, 3.63) is 29.8 Å². The van der Waals surface area contributed by atoms with Crippen molar-refractivity contribution < 1.29 is 44.1 Å². The number of rotatable bonds is 23. The van der Waals surface area contributed by atoms with E-state index in [1.807, 2.05) is 32.9 Å². The van der Waals surface area contributed by atoms with Crippen LogP contribution in [-0.2, 0) is 35.2 Å². The number of hydrogen-bond donors (Lipinski definition) is 7. The average molecular weight is 637 g/mol. The average Bonchev–Trinajstić information content (AvgIpc) is 2.94. The van der Waals surface area contributed by atoms with Gasteiger partial charge in [-0.2, -0.15) is 0 Å². The van der Waals surface area contributed by atoms with Gasteiger partial charge in [0.05, 0.1) is 32.2 Å². The molecule has 1 rings (SSSR count). The Morgan fingerprint density at radius 3 is 1.78 bits per heavy atom. The Kier molecular flexibility index (Phi) is 18.0. The highest BCUT2D eigenvalue weighted by Crippen LogP contribution is 2.12. The van der Waals surface area contributed by atoms with Gasteiger partial charge in [0.15, 0.2) is 0 Å². The van der Waals surface area contributed by atoms with Crippen LogP contribution in [0.4, 0.5) is 5.69 Å². The van der Waals surface area contributed by atoms with Crippen LogP contribution in [0.3, 0.4) is 0 Å². The summed E-state index contributed by atoms with van der Waals surface area (Å²) in [5.74, 6) is -4.79. The Bertz CT molecular complexity index is 1110. The van der Waals surface area contributed by atoms with Gasteiger partial charge in [0.1, 0.15) is 6.04 Å². The lowest BCUT2D eigenvalue weighted by molar-refractivity contribution is -0.143. The van der Waals surface area contributed by atoms with Crippen LogP contribution in [0, 0.1) is 5.92 Å². The number of carbonyl (C=O) groups is 6. The number of aliphatic carboxylic acids is 3. The second kappa shape index (κ2) is 20.8. The van der Waals surface area contributed by atoms with E-state index in [-0.39, 0.29) is 43.9 Å². The molecule has 252 valence electrons. The van der Waals surface area contributed by atoms with Gasteiger partial charge in [-0.1, -0.05) is 32.9 Å². The summed E-state index contributed by atoms with van der Waals surface area (Å²) < 4.78 is 0. The van der Waals surface area contributed by atoms with Crippen molar-refractivity contribution in [2.75, 3.05) is 58.2 Å². The van der Waals surface area contributed by atoms with E-state index in [2.05, 4.69) is 21.3 Å². The Balaban J connectivity index is 2.72. The summed E-state index contributed by atoms with van der Waals surface area (Å²) in [4.78, 5) is 74.3. The number of hydrogen-bond acceptors (Lipinski definition) is 9. The van der Waals surface area contributed by atoms with Crippen molar-refractivity contribution in [2.45, 2.75) is 58.5 Å². The number of carbonyl (C=O) groups excluding carboxylic acids is 3. The SMILES string of the molecule is CCc1ccc(NC(=O)[C@H](CCCCNC(=O)CN(CCN(CC(=O)O)CC(=O)O)CC(=O)O)NC(=O)[C@@H](NC)C(C)C)cc1. The first-order valence-corrected chi connectivity index (χ1v) is 15.0. The van der Waals surface area contributed by atoms with Crippen molar-refractivity contribution in [3.63, 3.8) is 0 Å². The van der Waals surface area contributed by atoms with E-state index in [4.69, 9.17) is 10.2 Å². The molecule has 1 aromatic carbocycles. The standard InChI is InChI=1S/C30H48N6O9/c1-5-21-9-11-22(12-10-21)33-29(44)23(34-30(45)28(31-4)20(2)3)8-6-7-13-32-24(37)16-35(17-25(38)39)14-15-36(18-26(40)41)19-27(42)43/h9-12,20,23,28,31H,5-8,13-19H2,1-4H3,(H,32,37)(H,33,44)(H,34,45)(H,38,39)(H,40,41)(H,42,43)/t23-,28-/m0/s1. The van der Waals surface area contributed by atoms with Crippen LogP contribution in [0.15, 0.2) is 24.3 Å². The number of likely N-dealkylation sites (N-methyl/N-ethyl adjacent to an activating group) is 1. The van der Waals surface area contributed by atoms with Crippen molar-refractivity contribution in [2.24, 2.45) is 5.92 Å². The number of aryl methyl sites for hydroxylation is 1. The minimum Gasteiger partial charge on any atom is -0.480 e. The van der Waals surface area contributed by atoms with E-state index in [1.54, 1.807) is 19.2 Å². The molecule has 15 heteroatoms.